The zero-order valence-corrected chi connectivity index (χ0v) is 18.8. The van der Waals surface area contributed by atoms with Gasteiger partial charge < -0.3 is 14.8 Å². The van der Waals surface area contributed by atoms with E-state index in [1.54, 1.807) is 11.3 Å². The average Bonchev–Trinajstić information content (AvgIpc) is 3.44. The molecule has 1 aliphatic carbocycles. The van der Waals surface area contributed by atoms with Gasteiger partial charge in [-0.25, -0.2) is 15.0 Å². The van der Waals surface area contributed by atoms with Crippen molar-refractivity contribution in [2.75, 3.05) is 18.5 Å². The SMILES string of the molecule is Cc1cc(Nc2nccc(C(F)(F)F)n2)cc(-c2cnc(C3CCC4(CC3)OCCO4)s2)c1. The topological polar surface area (TPSA) is 69.2 Å². The number of aryl methyl sites for hydroxylation is 1. The predicted octanol–water partition coefficient (Wildman–Crippen LogP) is 6.07. The van der Waals surface area contributed by atoms with Crippen molar-refractivity contribution in [3.05, 3.63) is 52.9 Å². The largest absolute Gasteiger partial charge is 0.433 e. The molecule has 2 fully saturated rings. The molecule has 1 aliphatic heterocycles. The molecular formula is C23H23F3N4O2S. The van der Waals surface area contributed by atoms with E-state index >= 15 is 0 Å². The summed E-state index contributed by atoms with van der Waals surface area (Å²) in [5.41, 5.74) is 1.55. The number of anilines is 2. The van der Waals surface area contributed by atoms with Crippen molar-refractivity contribution in [3.63, 3.8) is 0 Å². The Balaban J connectivity index is 1.32. The predicted molar refractivity (Wildman–Crippen MR) is 118 cm³/mol. The minimum absolute atomic E-state index is 0.0983. The second-order valence-corrected chi connectivity index (χ2v) is 9.48. The van der Waals surface area contributed by atoms with E-state index in [1.807, 2.05) is 31.3 Å². The molecule has 1 saturated carbocycles. The van der Waals surface area contributed by atoms with Gasteiger partial charge in [0, 0.05) is 36.8 Å². The van der Waals surface area contributed by atoms with Gasteiger partial charge in [0.1, 0.15) is 5.69 Å². The first-order valence-corrected chi connectivity index (χ1v) is 11.6. The average molecular weight is 477 g/mol. The maximum absolute atomic E-state index is 13.0. The Kier molecular flexibility index (Phi) is 5.84. The van der Waals surface area contributed by atoms with Crippen molar-refractivity contribution in [2.45, 2.75) is 50.5 Å². The van der Waals surface area contributed by atoms with Gasteiger partial charge in [-0.1, -0.05) is 6.07 Å². The van der Waals surface area contributed by atoms with E-state index in [-0.39, 0.29) is 11.7 Å². The lowest BCUT2D eigenvalue weighted by Gasteiger charge is -2.34. The summed E-state index contributed by atoms with van der Waals surface area (Å²) in [6.45, 7) is 3.27. The van der Waals surface area contributed by atoms with Gasteiger partial charge in [0.2, 0.25) is 5.95 Å². The second kappa shape index (κ2) is 8.66. The Bertz CT molecular complexity index is 1130. The highest BCUT2D eigenvalue weighted by Gasteiger charge is 2.41. The van der Waals surface area contributed by atoms with Gasteiger partial charge in [0.05, 0.1) is 23.1 Å². The first-order valence-electron chi connectivity index (χ1n) is 10.8. The van der Waals surface area contributed by atoms with Crippen LogP contribution in [0.25, 0.3) is 10.4 Å². The molecule has 3 heterocycles. The normalized spacial score (nSPS) is 18.7. The lowest BCUT2D eigenvalue weighted by molar-refractivity contribution is -0.178. The number of aromatic nitrogens is 3. The highest BCUT2D eigenvalue weighted by Crippen LogP contribution is 2.44. The summed E-state index contributed by atoms with van der Waals surface area (Å²) < 4.78 is 50.5. The summed E-state index contributed by atoms with van der Waals surface area (Å²) in [6, 6.07) is 6.61. The van der Waals surface area contributed by atoms with Gasteiger partial charge in [0.25, 0.3) is 0 Å². The summed E-state index contributed by atoms with van der Waals surface area (Å²) in [6.07, 6.45) is 2.14. The Labute approximate surface area is 193 Å². The lowest BCUT2D eigenvalue weighted by Crippen LogP contribution is -2.34. The molecule has 0 radical (unpaired) electrons. The van der Waals surface area contributed by atoms with Crippen LogP contribution in [0.2, 0.25) is 0 Å². The first kappa shape index (κ1) is 22.2. The van der Waals surface area contributed by atoms with Crippen molar-refractivity contribution in [1.29, 1.82) is 0 Å². The summed E-state index contributed by atoms with van der Waals surface area (Å²) in [7, 11) is 0. The summed E-state index contributed by atoms with van der Waals surface area (Å²) in [5, 5.41) is 3.99. The molecule has 174 valence electrons. The molecular weight excluding hydrogens is 453 g/mol. The summed E-state index contributed by atoms with van der Waals surface area (Å²) in [4.78, 5) is 13.2. The molecule has 10 heteroatoms. The van der Waals surface area contributed by atoms with Gasteiger partial charge in [-0.3, -0.25) is 0 Å². The van der Waals surface area contributed by atoms with Crippen LogP contribution < -0.4 is 5.32 Å². The first-order chi connectivity index (χ1) is 15.8. The highest BCUT2D eigenvalue weighted by molar-refractivity contribution is 7.15. The lowest BCUT2D eigenvalue weighted by atomic mass is 9.85. The van der Waals surface area contributed by atoms with Gasteiger partial charge in [-0.15, -0.1) is 11.3 Å². The number of hydrogen-bond donors (Lipinski definition) is 1. The minimum atomic E-state index is -4.52. The third-order valence-electron chi connectivity index (χ3n) is 6.00. The Hall–Kier alpha value is -2.56. The highest BCUT2D eigenvalue weighted by atomic mass is 32.1. The van der Waals surface area contributed by atoms with Crippen LogP contribution in [0.15, 0.2) is 36.7 Å². The number of nitrogens with zero attached hydrogens (tertiary/aromatic N) is 3. The zero-order valence-electron chi connectivity index (χ0n) is 18.0. The molecule has 2 aliphatic rings. The maximum Gasteiger partial charge on any atom is 0.433 e. The van der Waals surface area contributed by atoms with Crippen molar-refractivity contribution >= 4 is 23.0 Å². The number of alkyl halides is 3. The molecule has 6 nitrogen and oxygen atoms in total. The summed E-state index contributed by atoms with van der Waals surface area (Å²) in [5.74, 6) is -0.110. The maximum atomic E-state index is 13.0. The molecule has 1 spiro atoms. The van der Waals surface area contributed by atoms with Crippen molar-refractivity contribution in [1.82, 2.24) is 15.0 Å². The molecule has 2 aromatic heterocycles. The molecule has 0 atom stereocenters. The van der Waals surface area contributed by atoms with Crippen LogP contribution in [0.4, 0.5) is 24.8 Å². The van der Waals surface area contributed by atoms with Crippen molar-refractivity contribution in [2.24, 2.45) is 0 Å². The minimum Gasteiger partial charge on any atom is -0.348 e. The van der Waals surface area contributed by atoms with E-state index in [2.05, 4.69) is 20.3 Å². The van der Waals surface area contributed by atoms with Crippen LogP contribution in [0.1, 0.15) is 47.9 Å². The van der Waals surface area contributed by atoms with Crippen LogP contribution in [0.5, 0.6) is 0 Å². The van der Waals surface area contributed by atoms with E-state index in [9.17, 15) is 13.2 Å². The van der Waals surface area contributed by atoms with E-state index < -0.39 is 11.9 Å². The molecule has 5 rings (SSSR count). The van der Waals surface area contributed by atoms with Crippen LogP contribution in [0.3, 0.4) is 0 Å². The van der Waals surface area contributed by atoms with E-state index in [1.165, 1.54) is 0 Å². The van der Waals surface area contributed by atoms with Crippen molar-refractivity contribution < 1.29 is 22.6 Å². The van der Waals surface area contributed by atoms with E-state index in [4.69, 9.17) is 9.47 Å². The standard InChI is InChI=1S/C23H23F3N4O2S/c1-14-10-16(12-17(11-14)29-21-27-7-4-19(30-21)23(24,25)26)18-13-28-20(33-18)15-2-5-22(6-3-15)31-8-9-32-22/h4,7,10-13,15H,2-3,5-6,8-9H2,1H3,(H,27,29,30). The third kappa shape index (κ3) is 4.87. The van der Waals surface area contributed by atoms with E-state index in [0.29, 0.717) is 24.8 Å². The van der Waals surface area contributed by atoms with Crippen LogP contribution in [-0.2, 0) is 15.7 Å². The zero-order chi connectivity index (χ0) is 23.1. The number of ether oxygens (including phenoxy) is 2. The quantitative estimate of drug-likeness (QED) is 0.493. The van der Waals surface area contributed by atoms with Gasteiger partial charge >= 0.3 is 6.18 Å². The molecule has 0 bridgehead atoms. The smallest absolute Gasteiger partial charge is 0.348 e. The fraction of sp³-hybridized carbons (Fsp3) is 0.435. The summed E-state index contributed by atoms with van der Waals surface area (Å²) >= 11 is 1.65. The number of rotatable bonds is 4. The number of benzene rings is 1. The molecule has 1 N–H and O–H groups in total. The van der Waals surface area contributed by atoms with Crippen molar-refractivity contribution in [3.8, 4) is 10.4 Å². The fourth-order valence-corrected chi connectivity index (χ4v) is 5.48. The molecule has 1 saturated heterocycles. The molecule has 1 aromatic carbocycles. The Morgan fingerprint density at radius 3 is 2.58 bits per heavy atom. The fourth-order valence-electron chi connectivity index (χ4n) is 4.40. The number of thiazole rings is 1. The number of halogens is 3. The van der Waals surface area contributed by atoms with Crippen LogP contribution >= 0.6 is 11.3 Å². The van der Waals surface area contributed by atoms with Crippen LogP contribution in [-0.4, -0.2) is 34.0 Å². The number of hydrogen-bond acceptors (Lipinski definition) is 7. The Morgan fingerprint density at radius 2 is 1.85 bits per heavy atom. The molecule has 33 heavy (non-hydrogen) atoms. The van der Waals surface area contributed by atoms with E-state index in [0.717, 1.165) is 59.0 Å². The molecule has 3 aromatic rings. The molecule has 0 unspecified atom stereocenters. The van der Waals surface area contributed by atoms with Crippen LogP contribution in [0, 0.1) is 6.92 Å². The van der Waals surface area contributed by atoms with Gasteiger partial charge in [0.15, 0.2) is 5.79 Å². The third-order valence-corrected chi connectivity index (χ3v) is 7.21. The van der Waals surface area contributed by atoms with Gasteiger partial charge in [-0.2, -0.15) is 13.2 Å². The van der Waals surface area contributed by atoms with Gasteiger partial charge in [-0.05, 0) is 49.1 Å². The number of nitrogens with one attached hydrogen (secondary N) is 1. The molecule has 0 amide bonds. The second-order valence-electron chi connectivity index (χ2n) is 8.42. The Morgan fingerprint density at radius 1 is 1.09 bits per heavy atom. The monoisotopic (exact) mass is 476 g/mol.